The van der Waals surface area contributed by atoms with Gasteiger partial charge in [0.05, 0.1) is 0 Å². The van der Waals surface area contributed by atoms with Crippen LogP contribution in [0, 0.1) is 19.8 Å². The van der Waals surface area contributed by atoms with Crippen molar-refractivity contribution < 1.29 is 29.3 Å². The first-order valence-corrected chi connectivity index (χ1v) is 14.5. The molecule has 3 aromatic carbocycles. The second-order valence-electron chi connectivity index (χ2n) is 12.3. The molecule has 1 aliphatic carbocycles. The number of para-hydroxylation sites is 1. The monoisotopic (exact) mass is 587 g/mol. The predicted octanol–water partition coefficient (Wildman–Crippen LogP) is 5.77. The van der Waals surface area contributed by atoms with Crippen LogP contribution in [0.25, 0.3) is 0 Å². The van der Waals surface area contributed by atoms with Crippen molar-refractivity contribution in [1.82, 2.24) is 10.2 Å². The Balaban J connectivity index is 1.76. The molecule has 0 aromatic heterocycles. The molecule has 4 N–H and O–H groups in total. The lowest BCUT2D eigenvalue weighted by molar-refractivity contribution is -0.141. The van der Waals surface area contributed by atoms with Gasteiger partial charge in [-0.3, -0.25) is 9.59 Å². The molecule has 1 aliphatic rings. The molecule has 0 aliphatic heterocycles. The van der Waals surface area contributed by atoms with Gasteiger partial charge in [-0.05, 0) is 93.5 Å². The van der Waals surface area contributed by atoms with E-state index in [2.05, 4.69) is 10.6 Å². The zero-order valence-corrected chi connectivity index (χ0v) is 25.5. The first kappa shape index (κ1) is 31.4. The third-order valence-corrected chi connectivity index (χ3v) is 7.51. The lowest BCUT2D eigenvalue weighted by Gasteiger charge is -2.35. The summed E-state index contributed by atoms with van der Waals surface area (Å²) in [7, 11) is 0. The number of hydrogen-bond donors (Lipinski definition) is 4. The minimum atomic E-state index is -1.07. The van der Waals surface area contributed by atoms with E-state index >= 15 is 0 Å². The first-order valence-electron chi connectivity index (χ1n) is 14.5. The van der Waals surface area contributed by atoms with Crippen LogP contribution in [-0.2, 0) is 20.7 Å². The molecule has 9 nitrogen and oxygen atoms in total. The number of carbonyl (C=O) groups is 3. The Bertz CT molecular complexity index is 1440. The summed E-state index contributed by atoms with van der Waals surface area (Å²) in [4.78, 5) is 43.3. The van der Waals surface area contributed by atoms with Crippen molar-refractivity contribution in [3.05, 3.63) is 89.0 Å². The Morgan fingerprint density at radius 1 is 0.930 bits per heavy atom. The number of ether oxygens (including phenoxy) is 1. The number of rotatable bonds is 9. The number of nitrogens with zero attached hydrogens (tertiary/aromatic N) is 1. The van der Waals surface area contributed by atoms with Crippen LogP contribution in [0.15, 0.2) is 66.7 Å². The highest BCUT2D eigenvalue weighted by atomic mass is 16.6. The topological polar surface area (TPSA) is 128 Å². The number of phenolic OH excluding ortho intramolecular Hbond substituents is 2. The standard InChI is InChI=1S/C34H41N3O6/c1-20-8-7-9-21(2)29(20)36-31(40)30(24-12-16-26(39)17-13-24)37(28-18-22(28)3)32(41)27(35-33(42)43-34(4,5)6)19-23-10-14-25(38)15-11-23/h7-17,22,27-28,30,38-39H,18-19H2,1-6H3,(H,35,42)(H,36,40). The van der Waals surface area contributed by atoms with Crippen LogP contribution in [-0.4, -0.2) is 50.7 Å². The highest BCUT2D eigenvalue weighted by Crippen LogP contribution is 2.41. The largest absolute Gasteiger partial charge is 0.508 e. The number of alkyl carbamates (subject to hydrolysis) is 1. The number of aryl methyl sites for hydroxylation is 2. The summed E-state index contributed by atoms with van der Waals surface area (Å²) < 4.78 is 5.50. The normalized spacial score (nSPS) is 17.3. The molecule has 3 aromatic rings. The third kappa shape index (κ3) is 8.06. The number of nitrogens with one attached hydrogen (secondary N) is 2. The van der Waals surface area contributed by atoms with Crippen LogP contribution in [0.2, 0.25) is 0 Å². The van der Waals surface area contributed by atoms with Gasteiger partial charge in [-0.1, -0.05) is 49.4 Å². The molecule has 3 amide bonds. The van der Waals surface area contributed by atoms with E-state index in [0.29, 0.717) is 23.2 Å². The lowest BCUT2D eigenvalue weighted by atomic mass is 9.99. The van der Waals surface area contributed by atoms with Crippen molar-refractivity contribution in [2.45, 2.75) is 78.1 Å². The smallest absolute Gasteiger partial charge is 0.408 e. The van der Waals surface area contributed by atoms with Gasteiger partial charge in [0.25, 0.3) is 5.91 Å². The average molecular weight is 588 g/mol. The molecule has 9 heteroatoms. The number of anilines is 1. The van der Waals surface area contributed by atoms with Crippen molar-refractivity contribution in [3.63, 3.8) is 0 Å². The van der Waals surface area contributed by atoms with Crippen LogP contribution in [0.3, 0.4) is 0 Å². The van der Waals surface area contributed by atoms with Crippen LogP contribution < -0.4 is 10.6 Å². The molecular weight excluding hydrogens is 546 g/mol. The second kappa shape index (κ2) is 12.8. The fourth-order valence-corrected chi connectivity index (χ4v) is 5.17. The summed E-state index contributed by atoms with van der Waals surface area (Å²) in [5, 5.41) is 25.6. The third-order valence-electron chi connectivity index (χ3n) is 7.51. The Hall–Kier alpha value is -4.53. The van der Waals surface area contributed by atoms with Crippen LogP contribution in [0.4, 0.5) is 10.5 Å². The number of amides is 3. The zero-order chi connectivity index (χ0) is 31.5. The molecule has 0 radical (unpaired) electrons. The number of aromatic hydroxyl groups is 2. The quantitative estimate of drug-likeness (QED) is 0.252. The Morgan fingerprint density at radius 2 is 1.47 bits per heavy atom. The zero-order valence-electron chi connectivity index (χ0n) is 25.5. The number of hydrogen-bond acceptors (Lipinski definition) is 6. The summed E-state index contributed by atoms with van der Waals surface area (Å²) in [5.41, 5.74) is 2.87. The van der Waals surface area contributed by atoms with Gasteiger partial charge in [0, 0.05) is 18.2 Å². The minimum absolute atomic E-state index is 0.0344. The van der Waals surface area contributed by atoms with E-state index in [1.807, 2.05) is 39.0 Å². The van der Waals surface area contributed by atoms with E-state index in [1.54, 1.807) is 49.9 Å². The second-order valence-corrected chi connectivity index (χ2v) is 12.3. The molecule has 43 heavy (non-hydrogen) atoms. The Morgan fingerprint density at radius 3 is 1.98 bits per heavy atom. The summed E-state index contributed by atoms with van der Waals surface area (Å²) in [5.74, 6) is -0.602. The lowest BCUT2D eigenvalue weighted by Crippen LogP contribution is -2.54. The van der Waals surface area contributed by atoms with E-state index in [1.165, 1.54) is 24.3 Å². The van der Waals surface area contributed by atoms with E-state index < -0.39 is 35.6 Å². The molecule has 4 rings (SSSR count). The number of benzene rings is 3. The molecule has 0 heterocycles. The summed E-state index contributed by atoms with van der Waals surface area (Å²) in [6, 6.07) is 16.0. The molecule has 1 saturated carbocycles. The fourth-order valence-electron chi connectivity index (χ4n) is 5.17. The summed E-state index contributed by atoms with van der Waals surface area (Å²) >= 11 is 0. The van der Waals surface area contributed by atoms with Crippen LogP contribution >= 0.6 is 0 Å². The summed E-state index contributed by atoms with van der Waals surface area (Å²) in [6.07, 6.45) is 0.0428. The Labute approximate surface area is 252 Å². The SMILES string of the molecule is Cc1cccc(C)c1NC(=O)C(c1ccc(O)cc1)N(C(=O)C(Cc1ccc(O)cc1)NC(=O)OC(C)(C)C)C1CC1C. The first-order chi connectivity index (χ1) is 20.2. The van der Waals surface area contributed by atoms with Gasteiger partial charge in [0.1, 0.15) is 29.2 Å². The van der Waals surface area contributed by atoms with Gasteiger partial charge in [-0.25, -0.2) is 4.79 Å². The number of carbonyl (C=O) groups excluding carboxylic acids is 3. The fraction of sp³-hybridized carbons (Fsp3) is 0.382. The molecular formula is C34H41N3O6. The van der Waals surface area contributed by atoms with Crippen molar-refractivity contribution in [2.75, 3.05) is 5.32 Å². The maximum Gasteiger partial charge on any atom is 0.408 e. The molecule has 4 unspecified atom stereocenters. The molecule has 0 saturated heterocycles. The van der Waals surface area contributed by atoms with Crippen LogP contribution in [0.5, 0.6) is 11.5 Å². The van der Waals surface area contributed by atoms with Crippen molar-refractivity contribution in [1.29, 1.82) is 0 Å². The maximum atomic E-state index is 14.6. The van der Waals surface area contributed by atoms with Gasteiger partial charge >= 0.3 is 6.09 Å². The average Bonchev–Trinajstić information content (AvgIpc) is 3.65. The van der Waals surface area contributed by atoms with Gasteiger partial charge in [-0.2, -0.15) is 0 Å². The van der Waals surface area contributed by atoms with E-state index in [4.69, 9.17) is 4.74 Å². The molecule has 4 atom stereocenters. The summed E-state index contributed by atoms with van der Waals surface area (Å²) in [6.45, 7) is 11.0. The highest BCUT2D eigenvalue weighted by Gasteiger charge is 2.48. The minimum Gasteiger partial charge on any atom is -0.508 e. The Kier molecular flexibility index (Phi) is 9.33. The van der Waals surface area contributed by atoms with Gasteiger partial charge in [-0.15, -0.1) is 0 Å². The number of phenols is 2. The van der Waals surface area contributed by atoms with Gasteiger partial charge in [0.2, 0.25) is 5.91 Å². The highest BCUT2D eigenvalue weighted by molar-refractivity contribution is 6.00. The van der Waals surface area contributed by atoms with E-state index in [-0.39, 0.29) is 29.9 Å². The van der Waals surface area contributed by atoms with E-state index in [9.17, 15) is 24.6 Å². The molecule has 228 valence electrons. The van der Waals surface area contributed by atoms with Crippen molar-refractivity contribution in [3.8, 4) is 11.5 Å². The van der Waals surface area contributed by atoms with E-state index in [0.717, 1.165) is 11.1 Å². The van der Waals surface area contributed by atoms with Gasteiger partial charge < -0.3 is 30.5 Å². The molecule has 0 spiro atoms. The van der Waals surface area contributed by atoms with Crippen molar-refractivity contribution >= 4 is 23.6 Å². The molecule has 1 fully saturated rings. The van der Waals surface area contributed by atoms with Crippen molar-refractivity contribution in [2.24, 2.45) is 5.92 Å². The van der Waals surface area contributed by atoms with Gasteiger partial charge in [0.15, 0.2) is 0 Å². The van der Waals surface area contributed by atoms with Crippen LogP contribution in [0.1, 0.15) is 62.4 Å². The molecule has 0 bridgehead atoms. The maximum absolute atomic E-state index is 14.6. The predicted molar refractivity (Wildman–Crippen MR) is 165 cm³/mol.